The van der Waals surface area contributed by atoms with Crippen molar-refractivity contribution in [3.05, 3.63) is 40.5 Å². The van der Waals surface area contributed by atoms with Crippen LogP contribution in [0.15, 0.2) is 34.8 Å². The van der Waals surface area contributed by atoms with Gasteiger partial charge in [0.15, 0.2) is 0 Å². The van der Waals surface area contributed by atoms with Gasteiger partial charge in [-0.05, 0) is 47.8 Å². The Labute approximate surface area is 138 Å². The molecular formula is C16H19BrN4O. The highest BCUT2D eigenvalue weighted by Crippen LogP contribution is 2.28. The van der Waals surface area contributed by atoms with E-state index in [4.69, 9.17) is 0 Å². The maximum atomic E-state index is 12.3. The van der Waals surface area contributed by atoms with Crippen LogP contribution in [-0.2, 0) is 0 Å². The fraction of sp³-hybridized carbons (Fsp3) is 0.375. The lowest BCUT2D eigenvalue weighted by atomic mass is 10.1. The number of aromatic nitrogens is 2. The summed E-state index contributed by atoms with van der Waals surface area (Å²) in [4.78, 5) is 12.3. The van der Waals surface area contributed by atoms with E-state index < -0.39 is 0 Å². The first-order valence-electron chi connectivity index (χ1n) is 7.54. The quantitative estimate of drug-likeness (QED) is 0.765. The molecular weight excluding hydrogens is 344 g/mol. The van der Waals surface area contributed by atoms with Crippen LogP contribution in [-0.4, -0.2) is 35.7 Å². The molecule has 3 rings (SSSR count). The molecule has 1 aromatic carbocycles. The summed E-state index contributed by atoms with van der Waals surface area (Å²) in [5.74, 6) is 0.554. The van der Waals surface area contributed by atoms with E-state index in [0.29, 0.717) is 22.6 Å². The number of carbonyl (C=O) groups is 1. The third kappa shape index (κ3) is 3.39. The Morgan fingerprint density at radius 1 is 1.36 bits per heavy atom. The van der Waals surface area contributed by atoms with E-state index >= 15 is 0 Å². The van der Waals surface area contributed by atoms with Gasteiger partial charge in [-0.15, -0.1) is 0 Å². The molecule has 2 heterocycles. The molecule has 0 bridgehead atoms. The zero-order valence-corrected chi connectivity index (χ0v) is 13.8. The van der Waals surface area contributed by atoms with Crippen LogP contribution in [0.3, 0.4) is 0 Å². The van der Waals surface area contributed by atoms with Gasteiger partial charge in [0.05, 0.1) is 4.47 Å². The van der Waals surface area contributed by atoms with Gasteiger partial charge in [0.1, 0.15) is 11.4 Å². The Morgan fingerprint density at radius 3 is 2.91 bits per heavy atom. The molecule has 1 atom stereocenters. The summed E-state index contributed by atoms with van der Waals surface area (Å²) in [5.41, 5.74) is 2.20. The standard InChI is InChI=1S/C16H19BrN4O/c17-13-14(12-4-2-1-3-5-12)20-21-15(13)16(22)19-9-7-11-6-8-18-10-11/h1-5,11,18H,6-10H2,(H,19,22)(H,20,21). The summed E-state index contributed by atoms with van der Waals surface area (Å²) in [6.07, 6.45) is 2.21. The summed E-state index contributed by atoms with van der Waals surface area (Å²) >= 11 is 3.48. The van der Waals surface area contributed by atoms with Crippen LogP contribution in [0.4, 0.5) is 0 Å². The molecule has 116 valence electrons. The van der Waals surface area contributed by atoms with Gasteiger partial charge in [-0.1, -0.05) is 30.3 Å². The van der Waals surface area contributed by atoms with E-state index in [9.17, 15) is 4.79 Å². The molecule has 0 aliphatic carbocycles. The van der Waals surface area contributed by atoms with Crippen molar-refractivity contribution in [2.24, 2.45) is 5.92 Å². The van der Waals surface area contributed by atoms with E-state index in [1.807, 2.05) is 30.3 Å². The summed E-state index contributed by atoms with van der Waals surface area (Å²) < 4.78 is 0.707. The first-order valence-corrected chi connectivity index (χ1v) is 8.33. The fourth-order valence-corrected chi connectivity index (χ4v) is 3.29. The van der Waals surface area contributed by atoms with Crippen LogP contribution in [0.1, 0.15) is 23.3 Å². The van der Waals surface area contributed by atoms with Gasteiger partial charge < -0.3 is 10.6 Å². The average Bonchev–Trinajstić information content (AvgIpc) is 3.18. The lowest BCUT2D eigenvalue weighted by Crippen LogP contribution is -2.27. The molecule has 1 amide bonds. The molecule has 1 saturated heterocycles. The van der Waals surface area contributed by atoms with Gasteiger partial charge in [-0.3, -0.25) is 9.89 Å². The maximum Gasteiger partial charge on any atom is 0.270 e. The first-order chi connectivity index (χ1) is 10.8. The lowest BCUT2D eigenvalue weighted by molar-refractivity contribution is 0.0946. The minimum atomic E-state index is -0.118. The molecule has 1 fully saturated rings. The summed E-state index contributed by atoms with van der Waals surface area (Å²) in [6, 6.07) is 9.79. The topological polar surface area (TPSA) is 69.8 Å². The van der Waals surface area contributed by atoms with Crippen LogP contribution in [0.25, 0.3) is 11.3 Å². The van der Waals surface area contributed by atoms with Crippen LogP contribution in [0, 0.1) is 5.92 Å². The second-order valence-electron chi connectivity index (χ2n) is 5.53. The van der Waals surface area contributed by atoms with Crippen molar-refractivity contribution in [1.82, 2.24) is 20.8 Å². The summed E-state index contributed by atoms with van der Waals surface area (Å²) in [5, 5.41) is 13.4. The zero-order valence-electron chi connectivity index (χ0n) is 12.2. The Morgan fingerprint density at radius 2 is 2.18 bits per heavy atom. The summed E-state index contributed by atoms with van der Waals surface area (Å²) in [7, 11) is 0. The minimum Gasteiger partial charge on any atom is -0.351 e. The Kier molecular flexibility index (Phi) is 4.90. The fourth-order valence-electron chi connectivity index (χ4n) is 2.71. The SMILES string of the molecule is O=C(NCCC1CCNC1)c1[nH]nc(-c2ccccc2)c1Br. The first kappa shape index (κ1) is 15.2. The Balaban J connectivity index is 1.62. The number of carbonyl (C=O) groups excluding carboxylic acids is 1. The summed E-state index contributed by atoms with van der Waals surface area (Å²) in [6.45, 7) is 2.84. The van der Waals surface area contributed by atoms with E-state index in [2.05, 4.69) is 36.8 Å². The van der Waals surface area contributed by atoms with Crippen molar-refractivity contribution in [2.45, 2.75) is 12.8 Å². The number of hydrogen-bond acceptors (Lipinski definition) is 3. The number of halogens is 1. The second kappa shape index (κ2) is 7.07. The molecule has 1 aromatic heterocycles. The Bertz CT molecular complexity index is 635. The minimum absolute atomic E-state index is 0.118. The van der Waals surface area contributed by atoms with E-state index in [1.165, 1.54) is 6.42 Å². The number of nitrogens with zero attached hydrogens (tertiary/aromatic N) is 1. The monoisotopic (exact) mass is 362 g/mol. The predicted molar refractivity (Wildman–Crippen MR) is 89.7 cm³/mol. The van der Waals surface area contributed by atoms with Crippen molar-refractivity contribution in [2.75, 3.05) is 19.6 Å². The molecule has 1 aliphatic heterocycles. The third-order valence-electron chi connectivity index (χ3n) is 3.98. The van der Waals surface area contributed by atoms with E-state index in [0.717, 1.165) is 30.8 Å². The van der Waals surface area contributed by atoms with Crippen LogP contribution in [0.5, 0.6) is 0 Å². The highest BCUT2D eigenvalue weighted by molar-refractivity contribution is 9.10. The molecule has 0 saturated carbocycles. The van der Waals surface area contributed by atoms with Gasteiger partial charge in [0.25, 0.3) is 5.91 Å². The number of H-pyrrole nitrogens is 1. The predicted octanol–water partition coefficient (Wildman–Crippen LogP) is 2.57. The average molecular weight is 363 g/mol. The van der Waals surface area contributed by atoms with Crippen LogP contribution >= 0.6 is 15.9 Å². The van der Waals surface area contributed by atoms with Crippen LogP contribution in [0.2, 0.25) is 0 Å². The maximum absolute atomic E-state index is 12.3. The number of hydrogen-bond donors (Lipinski definition) is 3. The molecule has 0 spiro atoms. The number of nitrogens with one attached hydrogen (secondary N) is 3. The Hall–Kier alpha value is -1.66. The van der Waals surface area contributed by atoms with E-state index in [-0.39, 0.29) is 5.91 Å². The smallest absolute Gasteiger partial charge is 0.270 e. The van der Waals surface area contributed by atoms with Crippen molar-refractivity contribution in [3.63, 3.8) is 0 Å². The number of rotatable bonds is 5. The largest absolute Gasteiger partial charge is 0.351 e. The zero-order chi connectivity index (χ0) is 15.4. The van der Waals surface area contributed by atoms with Crippen molar-refractivity contribution >= 4 is 21.8 Å². The van der Waals surface area contributed by atoms with Crippen molar-refractivity contribution in [1.29, 1.82) is 0 Å². The second-order valence-corrected chi connectivity index (χ2v) is 6.32. The highest BCUT2D eigenvalue weighted by Gasteiger charge is 2.19. The molecule has 1 unspecified atom stereocenters. The molecule has 6 heteroatoms. The number of aromatic amines is 1. The van der Waals surface area contributed by atoms with Gasteiger partial charge in [0, 0.05) is 12.1 Å². The number of amides is 1. The molecule has 2 aromatic rings. The van der Waals surface area contributed by atoms with Gasteiger partial charge >= 0.3 is 0 Å². The number of benzene rings is 1. The normalized spacial score (nSPS) is 17.6. The van der Waals surface area contributed by atoms with Gasteiger partial charge in [0.2, 0.25) is 0 Å². The molecule has 1 aliphatic rings. The highest BCUT2D eigenvalue weighted by atomic mass is 79.9. The van der Waals surface area contributed by atoms with Crippen molar-refractivity contribution < 1.29 is 4.79 Å². The molecule has 5 nitrogen and oxygen atoms in total. The lowest BCUT2D eigenvalue weighted by Gasteiger charge is -2.08. The molecule has 22 heavy (non-hydrogen) atoms. The van der Waals surface area contributed by atoms with Crippen LogP contribution < -0.4 is 10.6 Å². The molecule has 3 N–H and O–H groups in total. The third-order valence-corrected chi connectivity index (χ3v) is 4.75. The van der Waals surface area contributed by atoms with E-state index in [1.54, 1.807) is 0 Å². The van der Waals surface area contributed by atoms with Gasteiger partial charge in [-0.25, -0.2) is 0 Å². The van der Waals surface area contributed by atoms with Gasteiger partial charge in [-0.2, -0.15) is 5.10 Å². The van der Waals surface area contributed by atoms with Crippen molar-refractivity contribution in [3.8, 4) is 11.3 Å². The molecule has 0 radical (unpaired) electrons.